The van der Waals surface area contributed by atoms with E-state index in [4.69, 9.17) is 0 Å². The highest BCUT2D eigenvalue weighted by Gasteiger charge is 2.75. The molecule has 4 atom stereocenters. The molecular weight excluding hydrogens is 132 g/mol. The standard InChI is InChI=1S/C11H8/c1-5-3-10-8-2-6-4-9(7(1)8)11(5,6)10/h1-3,6-7,9H,4H2. The third kappa shape index (κ3) is 0.183. The smallest absolute Gasteiger partial charge is 0.0303 e. The van der Waals surface area contributed by atoms with Gasteiger partial charge in [0.25, 0.3) is 0 Å². The second-order valence-corrected chi connectivity index (χ2v) is 4.65. The predicted molar refractivity (Wildman–Crippen MR) is 41.8 cm³/mol. The maximum atomic E-state index is 2.56. The molecule has 5 aliphatic rings. The van der Waals surface area contributed by atoms with Crippen molar-refractivity contribution in [3.8, 4) is 0 Å². The molecule has 0 nitrogen and oxygen atoms in total. The van der Waals surface area contributed by atoms with Crippen LogP contribution in [0.4, 0.5) is 0 Å². The Balaban J connectivity index is 2.14. The highest BCUT2D eigenvalue weighted by molar-refractivity contribution is 5.76. The minimum Gasteiger partial charge on any atom is -0.0760 e. The van der Waals surface area contributed by atoms with Gasteiger partial charge in [-0.3, -0.25) is 0 Å². The average molecular weight is 140 g/mol. The largest absolute Gasteiger partial charge is 0.0760 e. The van der Waals surface area contributed by atoms with Crippen molar-refractivity contribution in [3.63, 3.8) is 0 Å². The van der Waals surface area contributed by atoms with Gasteiger partial charge >= 0.3 is 0 Å². The molecule has 5 aliphatic carbocycles. The Morgan fingerprint density at radius 2 is 2.36 bits per heavy atom. The van der Waals surface area contributed by atoms with E-state index in [9.17, 15) is 0 Å². The molecule has 2 fully saturated rings. The van der Waals surface area contributed by atoms with Crippen LogP contribution < -0.4 is 0 Å². The van der Waals surface area contributed by atoms with Gasteiger partial charge in [0.1, 0.15) is 0 Å². The van der Waals surface area contributed by atoms with Gasteiger partial charge in [0.2, 0.25) is 0 Å². The Kier molecular flexibility index (Phi) is 0.328. The summed E-state index contributed by atoms with van der Waals surface area (Å²) >= 11 is 0. The van der Waals surface area contributed by atoms with Gasteiger partial charge in [0.15, 0.2) is 0 Å². The number of fused-ring (bicyclic) bond motifs is 1. The summed E-state index contributed by atoms with van der Waals surface area (Å²) in [5.41, 5.74) is 5.85. The molecule has 0 aromatic heterocycles. The fourth-order valence-corrected chi connectivity index (χ4v) is 4.41. The van der Waals surface area contributed by atoms with Crippen LogP contribution in [0.2, 0.25) is 0 Å². The van der Waals surface area contributed by atoms with Crippen LogP contribution in [0.3, 0.4) is 0 Å². The van der Waals surface area contributed by atoms with Gasteiger partial charge in [0.05, 0.1) is 0 Å². The first-order valence-corrected chi connectivity index (χ1v) is 4.59. The predicted octanol–water partition coefficient (Wildman–Crippen LogP) is 2.06. The van der Waals surface area contributed by atoms with Crippen LogP contribution in [0.5, 0.6) is 0 Å². The van der Waals surface area contributed by atoms with Crippen molar-refractivity contribution in [1.29, 1.82) is 0 Å². The Morgan fingerprint density at radius 1 is 1.36 bits per heavy atom. The van der Waals surface area contributed by atoms with Crippen LogP contribution in [0.1, 0.15) is 6.42 Å². The third-order valence-electron chi connectivity index (χ3n) is 4.74. The number of rotatable bonds is 0. The van der Waals surface area contributed by atoms with E-state index in [0.29, 0.717) is 5.41 Å². The summed E-state index contributed by atoms with van der Waals surface area (Å²) < 4.78 is 0. The maximum Gasteiger partial charge on any atom is 0.0303 e. The molecule has 0 heteroatoms. The lowest BCUT2D eigenvalue weighted by atomic mass is 9.49. The molecule has 0 heterocycles. The lowest BCUT2D eigenvalue weighted by Gasteiger charge is -2.53. The molecule has 52 valence electrons. The van der Waals surface area contributed by atoms with Crippen LogP contribution in [-0.2, 0) is 0 Å². The summed E-state index contributed by atoms with van der Waals surface area (Å²) in [5, 5.41) is 0. The molecule has 0 amide bonds. The summed E-state index contributed by atoms with van der Waals surface area (Å²) in [6.07, 6.45) is 9.02. The van der Waals surface area contributed by atoms with E-state index in [1.54, 1.807) is 16.7 Å². The zero-order valence-electron chi connectivity index (χ0n) is 6.17. The van der Waals surface area contributed by atoms with Crippen LogP contribution >= 0.6 is 0 Å². The van der Waals surface area contributed by atoms with Gasteiger partial charge in [0, 0.05) is 11.3 Å². The Labute approximate surface area is 65.3 Å². The maximum absolute atomic E-state index is 2.56. The molecule has 0 N–H and O–H groups in total. The van der Waals surface area contributed by atoms with Crippen molar-refractivity contribution in [2.45, 2.75) is 6.42 Å². The zero-order valence-corrected chi connectivity index (χ0v) is 6.17. The van der Waals surface area contributed by atoms with E-state index < -0.39 is 0 Å². The Hall–Kier alpha value is -0.780. The van der Waals surface area contributed by atoms with Crippen molar-refractivity contribution in [2.75, 3.05) is 0 Å². The first-order valence-electron chi connectivity index (χ1n) is 4.59. The molecule has 0 aromatic rings. The van der Waals surface area contributed by atoms with E-state index in [1.165, 1.54) is 6.42 Å². The lowest BCUT2D eigenvalue weighted by Crippen LogP contribution is -2.48. The van der Waals surface area contributed by atoms with E-state index in [-0.39, 0.29) is 0 Å². The molecule has 0 aromatic carbocycles. The summed E-state index contributed by atoms with van der Waals surface area (Å²) in [6, 6.07) is 0. The normalized spacial score (nSPS) is 63.3. The van der Waals surface area contributed by atoms with E-state index in [1.807, 2.05) is 0 Å². The van der Waals surface area contributed by atoms with Crippen molar-refractivity contribution < 1.29 is 0 Å². The Morgan fingerprint density at radius 3 is 3.00 bits per heavy atom. The topological polar surface area (TPSA) is 0 Å². The molecule has 0 saturated heterocycles. The fourth-order valence-electron chi connectivity index (χ4n) is 4.41. The molecule has 5 rings (SSSR count). The summed E-state index contributed by atoms with van der Waals surface area (Å²) in [5.74, 6) is 2.88. The highest BCUT2D eigenvalue weighted by atomic mass is 14.8. The second-order valence-electron chi connectivity index (χ2n) is 4.65. The number of hydrogen-bond donors (Lipinski definition) is 0. The molecule has 4 unspecified atom stereocenters. The molecule has 0 aliphatic heterocycles. The monoisotopic (exact) mass is 140 g/mol. The van der Waals surface area contributed by atoms with Gasteiger partial charge in [-0.15, -0.1) is 0 Å². The van der Waals surface area contributed by atoms with Gasteiger partial charge in [-0.25, -0.2) is 0 Å². The van der Waals surface area contributed by atoms with Gasteiger partial charge < -0.3 is 0 Å². The van der Waals surface area contributed by atoms with E-state index >= 15 is 0 Å². The molecule has 11 heavy (non-hydrogen) atoms. The molecule has 2 saturated carbocycles. The van der Waals surface area contributed by atoms with Crippen molar-refractivity contribution in [2.24, 2.45) is 23.2 Å². The third-order valence-corrected chi connectivity index (χ3v) is 4.74. The average Bonchev–Trinajstić information content (AvgIpc) is 2.31. The SMILES string of the molecule is C1=C2C3=CC4=CC2C2CC1C432. The van der Waals surface area contributed by atoms with Crippen LogP contribution in [0.25, 0.3) is 0 Å². The zero-order chi connectivity index (χ0) is 6.79. The molecule has 3 bridgehead atoms. The van der Waals surface area contributed by atoms with Crippen LogP contribution in [-0.4, -0.2) is 0 Å². The van der Waals surface area contributed by atoms with Crippen LogP contribution in [0.15, 0.2) is 34.9 Å². The first kappa shape index (κ1) is 4.30. The lowest BCUT2D eigenvalue weighted by molar-refractivity contribution is 0.0649. The fraction of sp³-hybridized carbons (Fsp3) is 0.455. The van der Waals surface area contributed by atoms with Crippen molar-refractivity contribution in [1.82, 2.24) is 0 Å². The highest BCUT2D eigenvalue weighted by Crippen LogP contribution is 2.84. The first-order chi connectivity index (χ1) is 5.42. The molecular formula is C11H8. The Bertz CT molecular complexity index is 408. The van der Waals surface area contributed by atoms with Crippen molar-refractivity contribution >= 4 is 0 Å². The summed E-state index contributed by atoms with van der Waals surface area (Å²) in [6.45, 7) is 0. The second kappa shape index (κ2) is 0.841. The van der Waals surface area contributed by atoms with Gasteiger partial charge in [-0.2, -0.15) is 0 Å². The quantitative estimate of drug-likeness (QED) is 0.483. The summed E-state index contributed by atoms with van der Waals surface area (Å²) in [4.78, 5) is 0. The van der Waals surface area contributed by atoms with Gasteiger partial charge in [-0.05, 0) is 35.0 Å². The molecule has 0 radical (unpaired) electrons. The minimum absolute atomic E-state index is 0.667. The van der Waals surface area contributed by atoms with E-state index in [0.717, 1.165) is 17.8 Å². The number of allylic oxidation sites excluding steroid dienone is 6. The van der Waals surface area contributed by atoms with E-state index in [2.05, 4.69) is 18.2 Å². The molecule has 1 spiro atoms. The van der Waals surface area contributed by atoms with Crippen LogP contribution in [0, 0.1) is 23.2 Å². The van der Waals surface area contributed by atoms with Gasteiger partial charge in [-0.1, -0.05) is 18.2 Å². The number of hydrogen-bond acceptors (Lipinski definition) is 0. The minimum atomic E-state index is 0.667. The summed E-state index contributed by atoms with van der Waals surface area (Å²) in [7, 11) is 0. The van der Waals surface area contributed by atoms with Crippen molar-refractivity contribution in [3.05, 3.63) is 34.9 Å².